The van der Waals surface area contributed by atoms with Crippen molar-refractivity contribution in [1.29, 1.82) is 0 Å². The van der Waals surface area contributed by atoms with E-state index in [1.807, 2.05) is 0 Å². The molecule has 1 heterocycles. The summed E-state index contributed by atoms with van der Waals surface area (Å²) in [6.45, 7) is 1.48. The van der Waals surface area contributed by atoms with Crippen molar-refractivity contribution in [2.75, 3.05) is 20.6 Å². The van der Waals surface area contributed by atoms with Crippen LogP contribution < -0.4 is 5.32 Å². The van der Waals surface area contributed by atoms with Crippen LogP contribution >= 0.6 is 27.3 Å². The number of rotatable bonds is 6. The summed E-state index contributed by atoms with van der Waals surface area (Å²) in [5.41, 5.74) is 0.939. The van der Waals surface area contributed by atoms with E-state index in [1.165, 1.54) is 10.9 Å². The number of thiophene rings is 1. The first-order valence-corrected chi connectivity index (χ1v) is 8.09. The maximum atomic E-state index is 13.2. The van der Waals surface area contributed by atoms with Crippen LogP contribution in [0.2, 0.25) is 0 Å². The second kappa shape index (κ2) is 7.31. The third-order valence-electron chi connectivity index (χ3n) is 3.16. The van der Waals surface area contributed by atoms with E-state index in [0.717, 1.165) is 16.6 Å². The number of likely N-dealkylation sites (N-methyl/N-ethyl adjacent to an activating group) is 1. The smallest absolute Gasteiger partial charge is 0.123 e. The first kappa shape index (κ1) is 15.6. The van der Waals surface area contributed by atoms with Crippen molar-refractivity contribution in [1.82, 2.24) is 10.2 Å². The molecular weight excluding hydrogens is 339 g/mol. The van der Waals surface area contributed by atoms with Gasteiger partial charge in [-0.3, -0.25) is 0 Å². The van der Waals surface area contributed by atoms with Gasteiger partial charge in [0.2, 0.25) is 0 Å². The van der Waals surface area contributed by atoms with E-state index in [1.54, 1.807) is 23.5 Å². The Bertz CT molecular complexity index is 543. The van der Waals surface area contributed by atoms with Crippen LogP contribution in [-0.4, -0.2) is 25.5 Å². The molecule has 1 N–H and O–H groups in total. The van der Waals surface area contributed by atoms with Gasteiger partial charge in [-0.2, -0.15) is 0 Å². The molecule has 0 aliphatic rings. The number of hydrogen-bond donors (Lipinski definition) is 1. The number of nitrogens with zero attached hydrogens (tertiary/aromatic N) is 1. The largest absolute Gasteiger partial charge is 0.311 e. The average Bonchev–Trinajstić information content (AvgIpc) is 2.91. The molecule has 5 heteroatoms. The number of halogens is 2. The molecule has 0 aliphatic heterocycles. The number of benzene rings is 1. The second-order valence-electron chi connectivity index (χ2n) is 4.86. The third kappa shape index (κ3) is 4.12. The van der Waals surface area contributed by atoms with E-state index in [-0.39, 0.29) is 5.82 Å². The molecule has 2 nitrogen and oxygen atoms in total. The predicted octanol–water partition coefficient (Wildman–Crippen LogP) is 4.04. The van der Waals surface area contributed by atoms with E-state index >= 15 is 0 Å². The highest BCUT2D eigenvalue weighted by Crippen LogP contribution is 2.23. The molecule has 2 rings (SSSR count). The van der Waals surface area contributed by atoms with Crippen LogP contribution in [-0.2, 0) is 6.54 Å². The quantitative estimate of drug-likeness (QED) is 0.839. The molecule has 0 saturated carbocycles. The van der Waals surface area contributed by atoms with Crippen molar-refractivity contribution >= 4 is 27.3 Å². The van der Waals surface area contributed by atoms with Crippen molar-refractivity contribution in [2.45, 2.75) is 12.6 Å². The van der Waals surface area contributed by atoms with Crippen molar-refractivity contribution in [3.63, 3.8) is 0 Å². The lowest BCUT2D eigenvalue weighted by Gasteiger charge is -2.23. The lowest BCUT2D eigenvalue weighted by atomic mass is 10.2. The van der Waals surface area contributed by atoms with Gasteiger partial charge in [-0.25, -0.2) is 4.39 Å². The van der Waals surface area contributed by atoms with Crippen LogP contribution in [0.15, 0.2) is 40.2 Å². The van der Waals surface area contributed by atoms with Gasteiger partial charge in [0, 0.05) is 22.4 Å². The molecule has 20 heavy (non-hydrogen) atoms. The molecule has 0 spiro atoms. The van der Waals surface area contributed by atoms with Crippen molar-refractivity contribution in [2.24, 2.45) is 0 Å². The Morgan fingerprint density at radius 2 is 2.15 bits per heavy atom. The average molecular weight is 357 g/mol. The van der Waals surface area contributed by atoms with Crippen molar-refractivity contribution < 1.29 is 4.39 Å². The monoisotopic (exact) mass is 356 g/mol. The van der Waals surface area contributed by atoms with Crippen molar-refractivity contribution in [3.05, 3.63) is 56.4 Å². The molecule has 2 aromatic rings. The van der Waals surface area contributed by atoms with E-state index in [0.29, 0.717) is 12.6 Å². The zero-order chi connectivity index (χ0) is 14.5. The van der Waals surface area contributed by atoms with Gasteiger partial charge in [0.25, 0.3) is 0 Å². The second-order valence-corrected chi connectivity index (χ2v) is 6.70. The number of hydrogen-bond acceptors (Lipinski definition) is 3. The first-order chi connectivity index (χ1) is 9.58. The molecular formula is C15H18BrFN2S. The molecule has 1 aromatic heterocycles. The fourth-order valence-electron chi connectivity index (χ4n) is 2.04. The van der Waals surface area contributed by atoms with Crippen LogP contribution in [0.1, 0.15) is 16.5 Å². The lowest BCUT2D eigenvalue weighted by molar-refractivity contribution is 0.292. The Morgan fingerprint density at radius 3 is 2.80 bits per heavy atom. The zero-order valence-electron chi connectivity index (χ0n) is 11.6. The molecule has 0 radical (unpaired) electrons. The van der Waals surface area contributed by atoms with E-state index in [2.05, 4.69) is 57.8 Å². The number of nitrogens with one attached hydrogen (secondary N) is 1. The maximum Gasteiger partial charge on any atom is 0.123 e. The Labute approximate surface area is 131 Å². The topological polar surface area (TPSA) is 15.3 Å². The Kier molecular flexibility index (Phi) is 5.72. The van der Waals surface area contributed by atoms with Crippen molar-refractivity contribution in [3.8, 4) is 0 Å². The minimum absolute atomic E-state index is 0.201. The summed E-state index contributed by atoms with van der Waals surface area (Å²) in [4.78, 5) is 3.53. The van der Waals surface area contributed by atoms with Gasteiger partial charge in [0.05, 0.1) is 6.04 Å². The van der Waals surface area contributed by atoms with E-state index in [4.69, 9.17) is 0 Å². The highest BCUT2D eigenvalue weighted by atomic mass is 79.9. The molecule has 0 saturated heterocycles. The summed E-state index contributed by atoms with van der Waals surface area (Å²) in [5.74, 6) is -0.201. The molecule has 1 aromatic carbocycles. The summed E-state index contributed by atoms with van der Waals surface area (Å²) in [6.07, 6.45) is 0. The Hall–Kier alpha value is -0.750. The van der Waals surface area contributed by atoms with Gasteiger partial charge in [-0.05, 0) is 49.3 Å². The summed E-state index contributed by atoms with van der Waals surface area (Å²) >= 11 is 5.21. The molecule has 1 unspecified atom stereocenters. The summed E-state index contributed by atoms with van der Waals surface area (Å²) in [7, 11) is 4.15. The van der Waals surface area contributed by atoms with Gasteiger partial charge in [-0.15, -0.1) is 11.3 Å². The molecule has 108 valence electrons. The summed E-state index contributed by atoms with van der Waals surface area (Å²) in [6, 6.07) is 9.32. The van der Waals surface area contributed by atoms with Gasteiger partial charge in [-0.1, -0.05) is 22.0 Å². The minimum atomic E-state index is -0.201. The van der Waals surface area contributed by atoms with E-state index in [9.17, 15) is 4.39 Å². The van der Waals surface area contributed by atoms with Crippen LogP contribution in [0, 0.1) is 5.82 Å². The minimum Gasteiger partial charge on any atom is -0.311 e. The highest BCUT2D eigenvalue weighted by Gasteiger charge is 2.14. The summed E-state index contributed by atoms with van der Waals surface area (Å²) < 4.78 is 14.2. The van der Waals surface area contributed by atoms with Crippen LogP contribution in [0.5, 0.6) is 0 Å². The molecule has 0 bridgehead atoms. The molecule has 0 fully saturated rings. The summed E-state index contributed by atoms with van der Waals surface area (Å²) in [5, 5.41) is 5.50. The standard InChI is InChI=1S/C15H18BrFN2S/c1-19(2)14(15-4-3-7-20-15)10-18-9-11-8-12(17)5-6-13(11)16/h3-8,14,18H,9-10H2,1-2H3. The fourth-order valence-corrected chi connectivity index (χ4v) is 3.35. The first-order valence-electron chi connectivity index (χ1n) is 6.42. The SMILES string of the molecule is CN(C)C(CNCc1cc(F)ccc1Br)c1cccs1. The Balaban J connectivity index is 1.95. The van der Waals surface area contributed by atoms with Gasteiger partial charge in [0.15, 0.2) is 0 Å². The highest BCUT2D eigenvalue weighted by molar-refractivity contribution is 9.10. The van der Waals surface area contributed by atoms with E-state index < -0.39 is 0 Å². The van der Waals surface area contributed by atoms with Gasteiger partial charge < -0.3 is 10.2 Å². The molecule has 0 amide bonds. The fraction of sp³-hybridized carbons (Fsp3) is 0.333. The maximum absolute atomic E-state index is 13.2. The van der Waals surface area contributed by atoms with Crippen LogP contribution in [0.3, 0.4) is 0 Å². The Morgan fingerprint density at radius 1 is 1.35 bits per heavy atom. The van der Waals surface area contributed by atoms with Gasteiger partial charge in [0.1, 0.15) is 5.82 Å². The predicted molar refractivity (Wildman–Crippen MR) is 86.6 cm³/mol. The van der Waals surface area contributed by atoms with Crippen LogP contribution in [0.25, 0.3) is 0 Å². The normalized spacial score (nSPS) is 12.8. The van der Waals surface area contributed by atoms with Crippen LogP contribution in [0.4, 0.5) is 4.39 Å². The zero-order valence-corrected chi connectivity index (χ0v) is 14.0. The molecule has 0 aliphatic carbocycles. The lowest BCUT2D eigenvalue weighted by Crippen LogP contribution is -2.30. The molecule has 1 atom stereocenters. The van der Waals surface area contributed by atoms with Gasteiger partial charge >= 0.3 is 0 Å². The third-order valence-corrected chi connectivity index (χ3v) is 4.90.